The van der Waals surface area contributed by atoms with E-state index in [0.717, 1.165) is 6.07 Å². The van der Waals surface area contributed by atoms with Crippen LogP contribution in [-0.4, -0.2) is 29.9 Å². The van der Waals surface area contributed by atoms with E-state index in [4.69, 9.17) is 11.6 Å². The van der Waals surface area contributed by atoms with Gasteiger partial charge in [0.2, 0.25) is 11.6 Å². The van der Waals surface area contributed by atoms with E-state index in [1.807, 2.05) is 0 Å². The number of ketones is 2. The fraction of sp³-hybridized carbons (Fsp3) is 0. The zero-order chi connectivity index (χ0) is 23.8. The summed E-state index contributed by atoms with van der Waals surface area (Å²) in [5.74, 6) is -1.42. The second kappa shape index (κ2) is 8.45. The highest BCUT2D eigenvalue weighted by molar-refractivity contribution is 7.92. The Morgan fingerprint density at radius 3 is 2.30 bits per heavy atom. The summed E-state index contributed by atoms with van der Waals surface area (Å²) >= 11 is 6.10. The minimum atomic E-state index is -3.92. The van der Waals surface area contributed by atoms with E-state index in [0.29, 0.717) is 0 Å². The Morgan fingerprint density at radius 1 is 0.939 bits per heavy atom. The van der Waals surface area contributed by atoms with Crippen molar-refractivity contribution in [2.45, 2.75) is 4.90 Å². The minimum Gasteiger partial charge on any atom is -0.351 e. The number of hydrogen-bond acceptors (Lipinski definition) is 8. The molecule has 2 N–H and O–H groups in total. The fourth-order valence-corrected chi connectivity index (χ4v) is 4.41. The molecule has 0 atom stereocenters. The first kappa shape index (κ1) is 22.1. The maximum Gasteiger partial charge on any atom is 0.281 e. The van der Waals surface area contributed by atoms with Gasteiger partial charge in [-0.05, 0) is 42.5 Å². The number of anilines is 2. The molecule has 0 amide bonds. The number of nitro groups is 1. The Kier molecular flexibility index (Phi) is 5.66. The van der Waals surface area contributed by atoms with Crippen LogP contribution in [0.1, 0.15) is 20.7 Å². The van der Waals surface area contributed by atoms with E-state index in [1.165, 1.54) is 48.7 Å². The molecule has 0 unspecified atom stereocenters. The van der Waals surface area contributed by atoms with Gasteiger partial charge in [-0.3, -0.25) is 24.4 Å². The number of carbonyl (C=O) groups excluding carboxylic acids is 2. The molecule has 0 aliphatic heterocycles. The smallest absolute Gasteiger partial charge is 0.281 e. The number of pyridine rings is 1. The number of fused-ring (bicyclic) bond motifs is 1. The van der Waals surface area contributed by atoms with Crippen LogP contribution in [0.3, 0.4) is 0 Å². The number of Topliss-reactive ketones (excluding diaryl/α,β-unsaturated/α-hetero) is 2. The number of aromatic nitrogens is 1. The lowest BCUT2D eigenvalue weighted by Gasteiger charge is -2.19. The summed E-state index contributed by atoms with van der Waals surface area (Å²) in [6.45, 7) is 0. The number of carbonyl (C=O) groups is 2. The van der Waals surface area contributed by atoms with Gasteiger partial charge in [0.1, 0.15) is 22.1 Å². The van der Waals surface area contributed by atoms with Gasteiger partial charge in [-0.15, -0.1) is 0 Å². The standard InChI is InChI=1S/C21H13ClN4O6S/c22-18-19(21(28)17-14(20(18)27)4-3-5-15(17)26(29)30)24-12-7-9-13(10-8-12)33(31,32)25-16-6-1-2-11-23-16/h1-11,24H,(H,23,25). The highest BCUT2D eigenvalue weighted by atomic mass is 35.5. The fourth-order valence-electron chi connectivity index (χ4n) is 3.17. The lowest BCUT2D eigenvalue weighted by molar-refractivity contribution is -0.385. The van der Waals surface area contributed by atoms with Gasteiger partial charge >= 0.3 is 0 Å². The van der Waals surface area contributed by atoms with Crippen molar-refractivity contribution in [3.63, 3.8) is 0 Å². The number of halogens is 1. The molecule has 12 heteroatoms. The Bertz CT molecular complexity index is 1440. The quantitative estimate of drug-likeness (QED) is 0.397. The summed E-state index contributed by atoms with van der Waals surface area (Å²) in [6, 6.07) is 13.7. The molecule has 0 saturated carbocycles. The van der Waals surface area contributed by atoms with Crippen LogP contribution >= 0.6 is 11.6 Å². The molecule has 1 aromatic heterocycles. The third kappa shape index (κ3) is 4.19. The van der Waals surface area contributed by atoms with Crippen LogP contribution in [0.15, 0.2) is 82.5 Å². The van der Waals surface area contributed by atoms with Crippen LogP contribution in [0.25, 0.3) is 0 Å². The molecule has 1 aliphatic rings. The molecule has 0 spiro atoms. The van der Waals surface area contributed by atoms with Crippen molar-refractivity contribution in [2.24, 2.45) is 0 Å². The third-order valence-electron chi connectivity index (χ3n) is 4.69. The molecule has 1 heterocycles. The third-order valence-corrected chi connectivity index (χ3v) is 6.43. The van der Waals surface area contributed by atoms with Gasteiger partial charge in [-0.1, -0.05) is 23.7 Å². The van der Waals surface area contributed by atoms with Crippen LogP contribution in [-0.2, 0) is 10.0 Å². The predicted molar refractivity (Wildman–Crippen MR) is 120 cm³/mol. The number of nitrogens with one attached hydrogen (secondary N) is 2. The molecule has 2 aromatic carbocycles. The Balaban J connectivity index is 1.62. The van der Waals surface area contributed by atoms with Gasteiger partial charge in [0.15, 0.2) is 0 Å². The molecular formula is C21H13ClN4O6S. The molecule has 0 fully saturated rings. The Hall–Kier alpha value is -4.09. The zero-order valence-electron chi connectivity index (χ0n) is 16.5. The largest absolute Gasteiger partial charge is 0.351 e. The van der Waals surface area contributed by atoms with Gasteiger partial charge in [-0.2, -0.15) is 0 Å². The van der Waals surface area contributed by atoms with Gasteiger partial charge in [0.25, 0.3) is 15.7 Å². The molecule has 0 radical (unpaired) electrons. The number of hydrogen-bond donors (Lipinski definition) is 2. The van der Waals surface area contributed by atoms with E-state index in [9.17, 15) is 28.1 Å². The highest BCUT2D eigenvalue weighted by Crippen LogP contribution is 2.34. The maximum absolute atomic E-state index is 13.0. The van der Waals surface area contributed by atoms with Crippen molar-refractivity contribution in [1.29, 1.82) is 0 Å². The number of benzene rings is 2. The molecule has 10 nitrogen and oxygen atoms in total. The van der Waals surface area contributed by atoms with Gasteiger partial charge in [0, 0.05) is 23.5 Å². The molecule has 166 valence electrons. The second-order valence-electron chi connectivity index (χ2n) is 6.77. The van der Waals surface area contributed by atoms with Crippen molar-refractivity contribution in [3.8, 4) is 0 Å². The van der Waals surface area contributed by atoms with Crippen LogP contribution in [0, 0.1) is 10.1 Å². The zero-order valence-corrected chi connectivity index (χ0v) is 18.1. The lowest BCUT2D eigenvalue weighted by atomic mass is 9.91. The van der Waals surface area contributed by atoms with Crippen LogP contribution in [0.4, 0.5) is 17.2 Å². The van der Waals surface area contributed by atoms with Crippen LogP contribution in [0.2, 0.25) is 0 Å². The molecule has 0 saturated heterocycles. The molecule has 33 heavy (non-hydrogen) atoms. The van der Waals surface area contributed by atoms with E-state index in [2.05, 4.69) is 15.0 Å². The topological polar surface area (TPSA) is 148 Å². The van der Waals surface area contributed by atoms with Crippen LogP contribution < -0.4 is 10.0 Å². The average Bonchev–Trinajstić information content (AvgIpc) is 2.80. The number of allylic oxidation sites excluding steroid dienone is 2. The first-order valence-corrected chi connectivity index (χ1v) is 11.1. The summed E-state index contributed by atoms with van der Waals surface area (Å²) in [4.78, 5) is 40.0. The molecule has 0 bridgehead atoms. The molecule has 1 aliphatic carbocycles. The van der Waals surface area contributed by atoms with Crippen molar-refractivity contribution >= 4 is 50.4 Å². The normalized spacial score (nSPS) is 13.5. The molecular weight excluding hydrogens is 472 g/mol. The van der Waals surface area contributed by atoms with Gasteiger partial charge < -0.3 is 5.32 Å². The first-order chi connectivity index (χ1) is 15.7. The number of nitrogens with zero attached hydrogens (tertiary/aromatic N) is 2. The second-order valence-corrected chi connectivity index (χ2v) is 8.83. The summed E-state index contributed by atoms with van der Waals surface area (Å²) < 4.78 is 27.4. The van der Waals surface area contributed by atoms with Gasteiger partial charge in [0.05, 0.1) is 9.82 Å². The summed E-state index contributed by atoms with van der Waals surface area (Å²) in [6.07, 6.45) is 1.44. The van der Waals surface area contributed by atoms with Crippen LogP contribution in [0.5, 0.6) is 0 Å². The Morgan fingerprint density at radius 2 is 1.67 bits per heavy atom. The highest BCUT2D eigenvalue weighted by Gasteiger charge is 2.37. The first-order valence-electron chi connectivity index (χ1n) is 9.26. The monoisotopic (exact) mass is 484 g/mol. The van der Waals surface area contributed by atoms with Crippen molar-refractivity contribution in [2.75, 3.05) is 10.0 Å². The van der Waals surface area contributed by atoms with E-state index < -0.39 is 37.2 Å². The number of nitro benzene ring substituents is 1. The van der Waals surface area contributed by atoms with E-state index in [-0.39, 0.29) is 33.2 Å². The SMILES string of the molecule is O=C1C(Cl)=C(Nc2ccc(S(=O)(=O)Nc3ccccn3)cc2)C(=O)c2c1cccc2[N+](=O)[O-]. The summed E-state index contributed by atoms with van der Waals surface area (Å²) in [5, 5.41) is 13.6. The average molecular weight is 485 g/mol. The van der Waals surface area contributed by atoms with Crippen molar-refractivity contribution < 1.29 is 22.9 Å². The molecule has 4 rings (SSSR count). The van der Waals surface area contributed by atoms with E-state index >= 15 is 0 Å². The van der Waals surface area contributed by atoms with Gasteiger partial charge in [-0.25, -0.2) is 13.4 Å². The minimum absolute atomic E-state index is 0.0780. The number of sulfonamides is 1. The Labute approximate surface area is 192 Å². The van der Waals surface area contributed by atoms with E-state index in [1.54, 1.807) is 12.1 Å². The summed E-state index contributed by atoms with van der Waals surface area (Å²) in [7, 11) is -3.92. The van der Waals surface area contributed by atoms with Crippen molar-refractivity contribution in [1.82, 2.24) is 4.98 Å². The van der Waals surface area contributed by atoms with Crippen molar-refractivity contribution in [3.05, 3.63) is 98.8 Å². The maximum atomic E-state index is 13.0. The molecule has 3 aromatic rings. The predicted octanol–water partition coefficient (Wildman–Crippen LogP) is 3.73. The lowest BCUT2D eigenvalue weighted by Crippen LogP contribution is -2.25. The summed E-state index contributed by atoms with van der Waals surface area (Å²) in [5.41, 5.74) is -1.14. The number of rotatable bonds is 6.